The summed E-state index contributed by atoms with van der Waals surface area (Å²) >= 11 is 21.8. The third-order valence-corrected chi connectivity index (χ3v) is 5.17. The summed E-state index contributed by atoms with van der Waals surface area (Å²) in [4.78, 5) is 0. The van der Waals surface area contributed by atoms with Crippen molar-refractivity contribution in [1.82, 2.24) is 5.32 Å². The standard InChI is InChI=1S/C15H13BrCl3N/c1-9(11-6-7-13(17)15(19)14(11)18)20-8-10-4-2-3-5-12(10)16/h2-7,9,20H,8H2,1H3. The molecule has 0 saturated heterocycles. The van der Waals surface area contributed by atoms with Gasteiger partial charge in [0.2, 0.25) is 0 Å². The predicted octanol–water partition coefficient (Wildman–Crippen LogP) is 6.26. The zero-order chi connectivity index (χ0) is 14.7. The first-order valence-corrected chi connectivity index (χ1v) is 8.03. The first-order valence-electron chi connectivity index (χ1n) is 6.11. The van der Waals surface area contributed by atoms with Crippen LogP contribution >= 0.6 is 50.7 Å². The van der Waals surface area contributed by atoms with Crippen LogP contribution in [0.25, 0.3) is 0 Å². The van der Waals surface area contributed by atoms with E-state index in [1.807, 2.05) is 31.2 Å². The van der Waals surface area contributed by atoms with E-state index in [-0.39, 0.29) is 6.04 Å². The third kappa shape index (κ3) is 3.69. The van der Waals surface area contributed by atoms with Crippen LogP contribution < -0.4 is 5.32 Å². The van der Waals surface area contributed by atoms with E-state index in [0.717, 1.165) is 16.6 Å². The summed E-state index contributed by atoms with van der Waals surface area (Å²) in [7, 11) is 0. The van der Waals surface area contributed by atoms with Crippen LogP contribution in [0.4, 0.5) is 0 Å². The number of hydrogen-bond acceptors (Lipinski definition) is 1. The molecule has 2 aromatic carbocycles. The van der Waals surface area contributed by atoms with Crippen molar-refractivity contribution in [3.8, 4) is 0 Å². The molecule has 2 aromatic rings. The molecule has 1 atom stereocenters. The molecule has 0 aliphatic carbocycles. The summed E-state index contributed by atoms with van der Waals surface area (Å²) in [6.45, 7) is 2.78. The summed E-state index contributed by atoms with van der Waals surface area (Å²) in [5.41, 5.74) is 2.13. The van der Waals surface area contributed by atoms with Gasteiger partial charge in [0.15, 0.2) is 0 Å². The van der Waals surface area contributed by atoms with Crippen LogP contribution in [0.15, 0.2) is 40.9 Å². The zero-order valence-electron chi connectivity index (χ0n) is 10.8. The smallest absolute Gasteiger partial charge is 0.0781 e. The largest absolute Gasteiger partial charge is 0.306 e. The average Bonchev–Trinajstić information content (AvgIpc) is 2.44. The average molecular weight is 394 g/mol. The topological polar surface area (TPSA) is 12.0 Å². The molecule has 5 heteroatoms. The lowest BCUT2D eigenvalue weighted by atomic mass is 10.1. The lowest BCUT2D eigenvalue weighted by Gasteiger charge is -2.17. The Labute approximate surface area is 142 Å². The molecule has 2 rings (SSSR count). The van der Waals surface area contributed by atoms with Crippen LogP contribution in [-0.2, 0) is 6.54 Å². The summed E-state index contributed by atoms with van der Waals surface area (Å²) in [6, 6.07) is 11.8. The molecule has 0 spiro atoms. The molecule has 0 aromatic heterocycles. The van der Waals surface area contributed by atoms with E-state index in [2.05, 4.69) is 27.3 Å². The van der Waals surface area contributed by atoms with Gasteiger partial charge in [0.25, 0.3) is 0 Å². The van der Waals surface area contributed by atoms with Crippen molar-refractivity contribution in [3.05, 3.63) is 67.1 Å². The second kappa shape index (κ2) is 7.15. The summed E-state index contributed by atoms with van der Waals surface area (Å²) in [6.07, 6.45) is 0. The van der Waals surface area contributed by atoms with Gasteiger partial charge in [0.1, 0.15) is 0 Å². The Morgan fingerprint density at radius 3 is 2.45 bits per heavy atom. The highest BCUT2D eigenvalue weighted by Crippen LogP contribution is 2.35. The van der Waals surface area contributed by atoms with Crippen LogP contribution in [0.1, 0.15) is 24.1 Å². The van der Waals surface area contributed by atoms with Crippen molar-refractivity contribution in [2.45, 2.75) is 19.5 Å². The maximum Gasteiger partial charge on any atom is 0.0781 e. The van der Waals surface area contributed by atoms with E-state index in [4.69, 9.17) is 34.8 Å². The molecule has 0 bridgehead atoms. The highest BCUT2D eigenvalue weighted by Gasteiger charge is 2.14. The molecule has 106 valence electrons. The Kier molecular flexibility index (Phi) is 5.76. The summed E-state index contributed by atoms with van der Waals surface area (Å²) < 4.78 is 1.08. The van der Waals surface area contributed by atoms with Crippen molar-refractivity contribution < 1.29 is 0 Å². The van der Waals surface area contributed by atoms with Gasteiger partial charge < -0.3 is 5.32 Å². The van der Waals surface area contributed by atoms with E-state index in [1.54, 1.807) is 6.07 Å². The fraction of sp³-hybridized carbons (Fsp3) is 0.200. The van der Waals surface area contributed by atoms with Crippen LogP contribution in [0.2, 0.25) is 15.1 Å². The van der Waals surface area contributed by atoms with Gasteiger partial charge in [-0.2, -0.15) is 0 Å². The van der Waals surface area contributed by atoms with Crippen molar-refractivity contribution >= 4 is 50.7 Å². The Bertz CT molecular complexity index is 616. The second-order valence-corrected chi connectivity index (χ2v) is 6.48. The van der Waals surface area contributed by atoms with E-state index in [0.29, 0.717) is 15.1 Å². The van der Waals surface area contributed by atoms with Crippen molar-refractivity contribution in [3.63, 3.8) is 0 Å². The van der Waals surface area contributed by atoms with Crippen LogP contribution in [-0.4, -0.2) is 0 Å². The fourth-order valence-corrected chi connectivity index (χ4v) is 3.02. The van der Waals surface area contributed by atoms with Gasteiger partial charge in [-0.1, -0.05) is 75.0 Å². The Balaban J connectivity index is 2.11. The van der Waals surface area contributed by atoms with Gasteiger partial charge in [-0.25, -0.2) is 0 Å². The number of rotatable bonds is 4. The van der Waals surface area contributed by atoms with Crippen LogP contribution in [0.3, 0.4) is 0 Å². The van der Waals surface area contributed by atoms with Crippen LogP contribution in [0, 0.1) is 0 Å². The van der Waals surface area contributed by atoms with Gasteiger partial charge in [0, 0.05) is 17.1 Å². The van der Waals surface area contributed by atoms with Crippen molar-refractivity contribution in [1.29, 1.82) is 0 Å². The van der Waals surface area contributed by atoms with E-state index in [1.165, 1.54) is 5.56 Å². The monoisotopic (exact) mass is 391 g/mol. The molecule has 0 fully saturated rings. The molecule has 20 heavy (non-hydrogen) atoms. The van der Waals surface area contributed by atoms with Gasteiger partial charge in [-0.3, -0.25) is 0 Å². The minimum Gasteiger partial charge on any atom is -0.306 e. The minimum atomic E-state index is 0.0735. The molecule has 0 heterocycles. The molecular formula is C15H13BrCl3N. The molecule has 0 amide bonds. The van der Waals surface area contributed by atoms with Gasteiger partial charge in [-0.05, 0) is 30.2 Å². The predicted molar refractivity (Wildman–Crippen MR) is 90.9 cm³/mol. The number of halogens is 4. The van der Waals surface area contributed by atoms with Gasteiger partial charge >= 0.3 is 0 Å². The zero-order valence-corrected chi connectivity index (χ0v) is 14.6. The Morgan fingerprint density at radius 2 is 1.75 bits per heavy atom. The molecule has 1 N–H and O–H groups in total. The molecule has 1 nitrogen and oxygen atoms in total. The van der Waals surface area contributed by atoms with Crippen molar-refractivity contribution in [2.24, 2.45) is 0 Å². The van der Waals surface area contributed by atoms with Gasteiger partial charge in [0.05, 0.1) is 15.1 Å². The maximum absolute atomic E-state index is 6.24. The number of nitrogens with one attached hydrogen (secondary N) is 1. The Hall–Kier alpha value is -0.250. The summed E-state index contributed by atoms with van der Waals surface area (Å²) in [5.74, 6) is 0. The summed E-state index contributed by atoms with van der Waals surface area (Å²) in [5, 5.41) is 4.81. The molecular weight excluding hydrogens is 380 g/mol. The number of benzene rings is 2. The molecule has 0 aliphatic rings. The third-order valence-electron chi connectivity index (χ3n) is 3.09. The SMILES string of the molecule is CC(NCc1ccccc1Br)c1ccc(Cl)c(Cl)c1Cl. The van der Waals surface area contributed by atoms with Crippen LogP contribution in [0.5, 0.6) is 0 Å². The molecule has 0 radical (unpaired) electrons. The lowest BCUT2D eigenvalue weighted by Crippen LogP contribution is -2.18. The fourth-order valence-electron chi connectivity index (χ4n) is 1.89. The highest BCUT2D eigenvalue weighted by atomic mass is 79.9. The minimum absolute atomic E-state index is 0.0735. The molecule has 0 saturated carbocycles. The number of hydrogen-bond donors (Lipinski definition) is 1. The lowest BCUT2D eigenvalue weighted by molar-refractivity contribution is 0.574. The van der Waals surface area contributed by atoms with E-state index >= 15 is 0 Å². The van der Waals surface area contributed by atoms with E-state index < -0.39 is 0 Å². The van der Waals surface area contributed by atoms with Crippen molar-refractivity contribution in [2.75, 3.05) is 0 Å². The maximum atomic E-state index is 6.24. The highest BCUT2D eigenvalue weighted by molar-refractivity contribution is 9.10. The Morgan fingerprint density at radius 1 is 1.05 bits per heavy atom. The second-order valence-electron chi connectivity index (χ2n) is 4.46. The normalized spacial score (nSPS) is 12.4. The quantitative estimate of drug-likeness (QED) is 0.605. The first kappa shape index (κ1) is 16.1. The van der Waals surface area contributed by atoms with E-state index in [9.17, 15) is 0 Å². The first-order chi connectivity index (χ1) is 9.50. The van der Waals surface area contributed by atoms with Gasteiger partial charge in [-0.15, -0.1) is 0 Å². The molecule has 1 unspecified atom stereocenters. The molecule has 0 aliphatic heterocycles.